The zero-order valence-corrected chi connectivity index (χ0v) is 13.3. The minimum absolute atomic E-state index is 0.0401. The van der Waals surface area contributed by atoms with Crippen LogP contribution in [0.2, 0.25) is 0 Å². The van der Waals surface area contributed by atoms with Gasteiger partial charge in [0.1, 0.15) is 11.9 Å². The van der Waals surface area contributed by atoms with Gasteiger partial charge in [-0.1, -0.05) is 0 Å². The van der Waals surface area contributed by atoms with E-state index in [-0.39, 0.29) is 6.10 Å². The van der Waals surface area contributed by atoms with E-state index in [0.29, 0.717) is 6.04 Å². The van der Waals surface area contributed by atoms with Crippen LogP contribution in [0.25, 0.3) is 0 Å². The number of nitrogens with one attached hydrogen (secondary N) is 1. The van der Waals surface area contributed by atoms with E-state index in [1.165, 1.54) is 0 Å². The average Bonchev–Trinajstić information content (AvgIpc) is 2.41. The molecule has 0 aliphatic carbocycles. The first-order valence-corrected chi connectivity index (χ1v) is 7.53. The average molecular weight is 329 g/mol. The van der Waals surface area contributed by atoms with Gasteiger partial charge in [-0.15, -0.1) is 0 Å². The van der Waals surface area contributed by atoms with Crippen molar-refractivity contribution in [3.63, 3.8) is 0 Å². The first-order chi connectivity index (χ1) is 9.11. The van der Waals surface area contributed by atoms with Crippen LogP contribution in [0, 0.1) is 0 Å². The molecule has 106 valence electrons. The number of ether oxygens (including phenoxy) is 1. The van der Waals surface area contributed by atoms with Gasteiger partial charge in [-0.25, -0.2) is 9.97 Å². The largest absolute Gasteiger partial charge is 0.369 e. The molecule has 0 bridgehead atoms. The molecule has 0 radical (unpaired) electrons. The Hall–Kier alpha value is -0.720. The summed E-state index contributed by atoms with van der Waals surface area (Å²) in [7, 11) is 0. The molecule has 0 spiro atoms. The Morgan fingerprint density at radius 1 is 1.58 bits per heavy atom. The summed E-state index contributed by atoms with van der Waals surface area (Å²) in [6.45, 7) is 9.85. The highest BCUT2D eigenvalue weighted by Crippen LogP contribution is 2.25. The SMILES string of the molecule is CCNc1nc(C2CN(C(C)C)CCO2)ncc1Br. The summed E-state index contributed by atoms with van der Waals surface area (Å²) in [6.07, 6.45) is 1.75. The summed E-state index contributed by atoms with van der Waals surface area (Å²) in [4.78, 5) is 11.3. The van der Waals surface area contributed by atoms with Crippen LogP contribution < -0.4 is 5.32 Å². The zero-order valence-electron chi connectivity index (χ0n) is 11.7. The highest BCUT2D eigenvalue weighted by molar-refractivity contribution is 9.10. The molecule has 2 rings (SSSR count). The van der Waals surface area contributed by atoms with Crippen LogP contribution in [0.4, 0.5) is 5.82 Å². The lowest BCUT2D eigenvalue weighted by atomic mass is 10.2. The quantitative estimate of drug-likeness (QED) is 0.920. The lowest BCUT2D eigenvalue weighted by Crippen LogP contribution is -2.42. The standard InChI is InChI=1S/C13H21BrN4O/c1-4-15-12-10(14)7-16-13(17-12)11-8-18(9(2)3)5-6-19-11/h7,9,11H,4-6,8H2,1-3H3,(H,15,16,17). The van der Waals surface area contributed by atoms with Gasteiger partial charge >= 0.3 is 0 Å². The van der Waals surface area contributed by atoms with E-state index in [2.05, 4.69) is 50.0 Å². The van der Waals surface area contributed by atoms with E-state index in [1.807, 2.05) is 6.92 Å². The second kappa shape index (κ2) is 6.63. The van der Waals surface area contributed by atoms with Gasteiger partial charge in [-0.3, -0.25) is 4.90 Å². The number of halogens is 1. The Bertz CT molecular complexity index is 427. The minimum atomic E-state index is -0.0401. The predicted octanol–water partition coefficient (Wildman–Crippen LogP) is 2.45. The molecule has 1 atom stereocenters. The molecule has 1 aliphatic heterocycles. The molecule has 1 fully saturated rings. The Morgan fingerprint density at radius 2 is 2.37 bits per heavy atom. The van der Waals surface area contributed by atoms with Crippen LogP contribution >= 0.6 is 15.9 Å². The third-order valence-corrected chi connectivity index (χ3v) is 3.80. The van der Waals surface area contributed by atoms with Crippen molar-refractivity contribution in [3.05, 3.63) is 16.5 Å². The normalized spacial score (nSPS) is 20.8. The van der Waals surface area contributed by atoms with Crippen molar-refractivity contribution >= 4 is 21.7 Å². The molecule has 6 heteroatoms. The monoisotopic (exact) mass is 328 g/mol. The number of hydrogen-bond acceptors (Lipinski definition) is 5. The summed E-state index contributed by atoms with van der Waals surface area (Å²) in [5.41, 5.74) is 0. The first kappa shape index (κ1) is 14.7. The molecule has 1 aromatic rings. The molecular formula is C13H21BrN4O. The van der Waals surface area contributed by atoms with E-state index in [9.17, 15) is 0 Å². The van der Waals surface area contributed by atoms with Gasteiger partial charge in [-0.05, 0) is 36.7 Å². The molecule has 0 aromatic carbocycles. The Balaban J connectivity index is 2.14. The second-order valence-corrected chi connectivity index (χ2v) is 5.76. The molecule has 1 aliphatic rings. The maximum Gasteiger partial charge on any atom is 0.160 e. The van der Waals surface area contributed by atoms with Gasteiger partial charge < -0.3 is 10.1 Å². The fraction of sp³-hybridized carbons (Fsp3) is 0.692. The van der Waals surface area contributed by atoms with E-state index in [4.69, 9.17) is 4.74 Å². The van der Waals surface area contributed by atoms with Gasteiger partial charge in [0.05, 0.1) is 11.1 Å². The maximum absolute atomic E-state index is 5.81. The fourth-order valence-corrected chi connectivity index (χ4v) is 2.45. The molecule has 5 nitrogen and oxygen atoms in total. The Labute approximate surface area is 122 Å². The summed E-state index contributed by atoms with van der Waals surface area (Å²) < 4.78 is 6.69. The molecule has 1 saturated heterocycles. The van der Waals surface area contributed by atoms with Crippen molar-refractivity contribution in [3.8, 4) is 0 Å². The van der Waals surface area contributed by atoms with E-state index >= 15 is 0 Å². The predicted molar refractivity (Wildman–Crippen MR) is 79.3 cm³/mol. The summed E-state index contributed by atoms with van der Waals surface area (Å²) in [6, 6.07) is 0.523. The number of hydrogen-bond donors (Lipinski definition) is 1. The lowest BCUT2D eigenvalue weighted by molar-refractivity contribution is -0.0442. The third-order valence-electron chi connectivity index (χ3n) is 3.22. The van der Waals surface area contributed by atoms with Crippen LogP contribution in [0.1, 0.15) is 32.7 Å². The lowest BCUT2D eigenvalue weighted by Gasteiger charge is -2.34. The van der Waals surface area contributed by atoms with Crippen molar-refractivity contribution in [2.75, 3.05) is 31.6 Å². The smallest absolute Gasteiger partial charge is 0.160 e. The molecule has 1 unspecified atom stereocenters. The maximum atomic E-state index is 5.81. The highest BCUT2D eigenvalue weighted by atomic mass is 79.9. The number of nitrogens with zero attached hydrogens (tertiary/aromatic N) is 3. The minimum Gasteiger partial charge on any atom is -0.369 e. The first-order valence-electron chi connectivity index (χ1n) is 6.73. The number of aromatic nitrogens is 2. The van der Waals surface area contributed by atoms with Crippen molar-refractivity contribution in [1.29, 1.82) is 0 Å². The van der Waals surface area contributed by atoms with Gasteiger partial charge in [0.2, 0.25) is 0 Å². The number of rotatable bonds is 4. The van der Waals surface area contributed by atoms with Crippen LogP contribution in [0.15, 0.2) is 10.7 Å². The van der Waals surface area contributed by atoms with Crippen molar-refractivity contribution < 1.29 is 4.74 Å². The van der Waals surface area contributed by atoms with Crippen LogP contribution in [-0.2, 0) is 4.74 Å². The molecule has 1 aromatic heterocycles. The molecule has 0 amide bonds. The number of morpholine rings is 1. The van der Waals surface area contributed by atoms with E-state index in [1.54, 1.807) is 6.20 Å². The van der Waals surface area contributed by atoms with Crippen LogP contribution in [0.3, 0.4) is 0 Å². The highest BCUT2D eigenvalue weighted by Gasteiger charge is 2.26. The summed E-state index contributed by atoms with van der Waals surface area (Å²) in [5, 5.41) is 3.22. The van der Waals surface area contributed by atoms with Crippen molar-refractivity contribution in [2.45, 2.75) is 32.9 Å². The summed E-state index contributed by atoms with van der Waals surface area (Å²) in [5.74, 6) is 1.59. The molecule has 2 heterocycles. The summed E-state index contributed by atoms with van der Waals surface area (Å²) >= 11 is 3.45. The Morgan fingerprint density at radius 3 is 3.05 bits per heavy atom. The van der Waals surface area contributed by atoms with Gasteiger partial charge in [0, 0.05) is 31.9 Å². The van der Waals surface area contributed by atoms with Crippen LogP contribution in [-0.4, -0.2) is 47.2 Å². The molecule has 0 saturated carbocycles. The van der Waals surface area contributed by atoms with Crippen LogP contribution in [0.5, 0.6) is 0 Å². The van der Waals surface area contributed by atoms with Gasteiger partial charge in [0.15, 0.2) is 5.82 Å². The molecule has 1 N–H and O–H groups in total. The second-order valence-electron chi connectivity index (χ2n) is 4.90. The topological polar surface area (TPSA) is 50.3 Å². The van der Waals surface area contributed by atoms with Crippen molar-refractivity contribution in [2.24, 2.45) is 0 Å². The molecular weight excluding hydrogens is 308 g/mol. The third kappa shape index (κ3) is 3.64. The zero-order chi connectivity index (χ0) is 13.8. The van der Waals surface area contributed by atoms with Crippen molar-refractivity contribution in [1.82, 2.24) is 14.9 Å². The van der Waals surface area contributed by atoms with E-state index < -0.39 is 0 Å². The number of anilines is 1. The van der Waals surface area contributed by atoms with Gasteiger partial charge in [0.25, 0.3) is 0 Å². The molecule has 19 heavy (non-hydrogen) atoms. The van der Waals surface area contributed by atoms with E-state index in [0.717, 1.165) is 42.4 Å². The Kier molecular flexibility index (Phi) is 5.13. The fourth-order valence-electron chi connectivity index (χ4n) is 2.12. The van der Waals surface area contributed by atoms with Gasteiger partial charge in [-0.2, -0.15) is 0 Å².